The smallest absolute Gasteiger partial charge is 0.410 e. The number of primary amides is 1. The first-order chi connectivity index (χ1) is 15.0. The summed E-state index contributed by atoms with van der Waals surface area (Å²) in [6.45, 7) is 6.78. The minimum Gasteiger partial charge on any atom is -0.444 e. The third-order valence-corrected chi connectivity index (χ3v) is 5.91. The predicted octanol–water partition coefficient (Wildman–Crippen LogP) is 3.53. The van der Waals surface area contributed by atoms with Crippen molar-refractivity contribution in [3.05, 3.63) is 35.6 Å². The number of carbonyl (C=O) groups is 3. The van der Waals surface area contributed by atoms with E-state index in [0.29, 0.717) is 31.6 Å². The van der Waals surface area contributed by atoms with Gasteiger partial charge in [-0.2, -0.15) is 0 Å². The molecule has 1 aromatic carbocycles. The summed E-state index contributed by atoms with van der Waals surface area (Å²) in [5.74, 6) is -0.891. The highest BCUT2D eigenvalue weighted by molar-refractivity contribution is 5.74. The number of amides is 3. The van der Waals surface area contributed by atoms with Crippen LogP contribution in [0.4, 0.5) is 14.0 Å². The van der Waals surface area contributed by atoms with Crippen LogP contribution in [0.3, 0.4) is 0 Å². The highest BCUT2D eigenvalue weighted by Gasteiger charge is 2.45. The maximum absolute atomic E-state index is 13.4. The van der Waals surface area contributed by atoms with Crippen LogP contribution in [0.5, 0.6) is 0 Å². The third kappa shape index (κ3) is 5.69. The average Bonchev–Trinajstić information content (AvgIpc) is 2.71. The average molecular weight is 450 g/mol. The maximum atomic E-state index is 13.4. The number of piperidine rings is 1. The van der Waals surface area contributed by atoms with Crippen molar-refractivity contribution in [1.82, 2.24) is 9.80 Å². The fourth-order valence-corrected chi connectivity index (χ4v) is 4.30. The standard InChI is InChI=1S/C23H32FN3O5/c1-22(2,3)31-20(29)26-13-4-5-18(15-26)27-14-12-23(32-21(27)30,11-10-19(25)28)16-6-8-17(24)9-7-16/h6-9,18H,4-5,10-15H2,1-3H3,(H2,25,28)/t18-,23+/m0/s1. The van der Waals surface area contributed by atoms with E-state index in [-0.39, 0.29) is 18.9 Å². The van der Waals surface area contributed by atoms with Gasteiger partial charge in [0.1, 0.15) is 17.0 Å². The second-order valence-corrected chi connectivity index (χ2v) is 9.50. The molecule has 8 nitrogen and oxygen atoms in total. The minimum atomic E-state index is -1.05. The van der Waals surface area contributed by atoms with Gasteiger partial charge in [0.15, 0.2) is 0 Å². The normalized spacial score (nSPS) is 24.1. The van der Waals surface area contributed by atoms with Crippen LogP contribution < -0.4 is 5.73 Å². The molecule has 0 bridgehead atoms. The van der Waals surface area contributed by atoms with Gasteiger partial charge in [0.25, 0.3) is 0 Å². The Bertz CT molecular complexity index is 854. The van der Waals surface area contributed by atoms with E-state index < -0.39 is 35.1 Å². The molecule has 32 heavy (non-hydrogen) atoms. The lowest BCUT2D eigenvalue weighted by Crippen LogP contribution is -2.57. The van der Waals surface area contributed by atoms with Crippen molar-refractivity contribution in [2.24, 2.45) is 5.73 Å². The summed E-state index contributed by atoms with van der Waals surface area (Å²) in [6.07, 6.45) is 1.29. The predicted molar refractivity (Wildman–Crippen MR) is 115 cm³/mol. The number of nitrogens with two attached hydrogens (primary N) is 1. The van der Waals surface area contributed by atoms with E-state index in [0.717, 1.165) is 12.8 Å². The largest absolute Gasteiger partial charge is 0.444 e. The van der Waals surface area contributed by atoms with Gasteiger partial charge < -0.3 is 25.0 Å². The number of nitrogens with zero attached hydrogens (tertiary/aromatic N) is 2. The number of cyclic esters (lactones) is 1. The van der Waals surface area contributed by atoms with Gasteiger partial charge in [-0.15, -0.1) is 0 Å². The van der Waals surface area contributed by atoms with E-state index in [1.165, 1.54) is 12.1 Å². The van der Waals surface area contributed by atoms with E-state index >= 15 is 0 Å². The van der Waals surface area contributed by atoms with Crippen molar-refractivity contribution in [3.63, 3.8) is 0 Å². The van der Waals surface area contributed by atoms with Crippen LogP contribution in [0.1, 0.15) is 58.4 Å². The van der Waals surface area contributed by atoms with E-state index in [4.69, 9.17) is 15.2 Å². The molecule has 2 N–H and O–H groups in total. The highest BCUT2D eigenvalue weighted by Crippen LogP contribution is 2.39. The van der Waals surface area contributed by atoms with Crippen LogP contribution >= 0.6 is 0 Å². The number of benzene rings is 1. The van der Waals surface area contributed by atoms with Gasteiger partial charge in [-0.25, -0.2) is 14.0 Å². The van der Waals surface area contributed by atoms with Crippen LogP contribution in [0.25, 0.3) is 0 Å². The second-order valence-electron chi connectivity index (χ2n) is 9.50. The number of hydrogen-bond acceptors (Lipinski definition) is 5. The second kappa shape index (κ2) is 9.34. The quantitative estimate of drug-likeness (QED) is 0.741. The number of halogens is 1. The minimum absolute atomic E-state index is 0.0422. The summed E-state index contributed by atoms with van der Waals surface area (Å²) in [4.78, 5) is 40.3. The monoisotopic (exact) mass is 449 g/mol. The summed E-state index contributed by atoms with van der Waals surface area (Å²) < 4.78 is 24.8. The summed E-state index contributed by atoms with van der Waals surface area (Å²) in [5, 5.41) is 0. The fourth-order valence-electron chi connectivity index (χ4n) is 4.30. The Kier molecular flexibility index (Phi) is 6.95. The summed E-state index contributed by atoms with van der Waals surface area (Å²) >= 11 is 0. The summed E-state index contributed by atoms with van der Waals surface area (Å²) in [5.41, 5.74) is 4.33. The lowest BCUT2D eigenvalue weighted by atomic mass is 9.84. The molecular weight excluding hydrogens is 417 g/mol. The van der Waals surface area contributed by atoms with E-state index in [1.54, 1.807) is 21.9 Å². The number of rotatable bonds is 5. The summed E-state index contributed by atoms with van der Waals surface area (Å²) in [6, 6.07) is 5.57. The molecule has 2 atom stereocenters. The van der Waals surface area contributed by atoms with Gasteiger partial charge in [0, 0.05) is 38.9 Å². The molecule has 0 unspecified atom stereocenters. The van der Waals surface area contributed by atoms with E-state index in [1.807, 2.05) is 20.8 Å². The van der Waals surface area contributed by atoms with Gasteiger partial charge >= 0.3 is 12.2 Å². The molecule has 0 aromatic heterocycles. The van der Waals surface area contributed by atoms with Crippen LogP contribution in [0.2, 0.25) is 0 Å². The number of likely N-dealkylation sites (tertiary alicyclic amines) is 1. The van der Waals surface area contributed by atoms with Crippen molar-refractivity contribution < 1.29 is 28.2 Å². The first-order valence-corrected chi connectivity index (χ1v) is 11.0. The molecule has 0 radical (unpaired) electrons. The molecule has 2 fully saturated rings. The zero-order chi connectivity index (χ0) is 23.5. The topological polar surface area (TPSA) is 102 Å². The molecule has 0 spiro atoms. The molecule has 9 heteroatoms. The Morgan fingerprint density at radius 2 is 1.94 bits per heavy atom. The number of hydrogen-bond donors (Lipinski definition) is 1. The Hall–Kier alpha value is -2.84. The molecule has 1 aromatic rings. The highest BCUT2D eigenvalue weighted by atomic mass is 19.1. The van der Waals surface area contributed by atoms with Gasteiger partial charge in [0.05, 0.1) is 6.04 Å². The van der Waals surface area contributed by atoms with Crippen molar-refractivity contribution >= 4 is 18.1 Å². The third-order valence-electron chi connectivity index (χ3n) is 5.91. The number of ether oxygens (including phenoxy) is 2. The van der Waals surface area contributed by atoms with E-state index in [9.17, 15) is 18.8 Å². The zero-order valence-electron chi connectivity index (χ0n) is 18.9. The number of carbonyl (C=O) groups excluding carboxylic acids is 3. The first-order valence-electron chi connectivity index (χ1n) is 11.0. The Morgan fingerprint density at radius 1 is 1.25 bits per heavy atom. The van der Waals surface area contributed by atoms with Crippen LogP contribution in [-0.2, 0) is 19.9 Å². The SMILES string of the molecule is CC(C)(C)OC(=O)N1CCC[C@H](N2CC[C@](CCC(N)=O)(c3ccc(F)cc3)OC2=O)C1. The van der Waals surface area contributed by atoms with Crippen molar-refractivity contribution in [1.29, 1.82) is 0 Å². The molecule has 3 amide bonds. The van der Waals surface area contributed by atoms with Crippen LogP contribution in [-0.4, -0.2) is 59.2 Å². The van der Waals surface area contributed by atoms with Gasteiger partial charge in [-0.1, -0.05) is 12.1 Å². The Balaban J connectivity index is 1.73. The molecule has 0 aliphatic carbocycles. The van der Waals surface area contributed by atoms with Crippen molar-refractivity contribution in [2.45, 2.75) is 70.1 Å². The van der Waals surface area contributed by atoms with Crippen molar-refractivity contribution in [2.75, 3.05) is 19.6 Å². The lowest BCUT2D eigenvalue weighted by molar-refractivity contribution is -0.121. The molecule has 2 heterocycles. The Morgan fingerprint density at radius 3 is 2.53 bits per heavy atom. The lowest BCUT2D eigenvalue weighted by Gasteiger charge is -2.46. The fraction of sp³-hybridized carbons (Fsp3) is 0.609. The maximum Gasteiger partial charge on any atom is 0.410 e. The molecule has 3 rings (SSSR count). The molecule has 0 saturated carbocycles. The van der Waals surface area contributed by atoms with Crippen LogP contribution in [0.15, 0.2) is 24.3 Å². The van der Waals surface area contributed by atoms with Gasteiger partial charge in [0.2, 0.25) is 5.91 Å². The molecule has 2 saturated heterocycles. The first kappa shape index (κ1) is 23.8. The molecule has 2 aliphatic rings. The van der Waals surface area contributed by atoms with E-state index in [2.05, 4.69) is 0 Å². The molecule has 2 aliphatic heterocycles. The molecular formula is C23H32FN3O5. The van der Waals surface area contributed by atoms with Gasteiger partial charge in [-0.05, 0) is 51.3 Å². The van der Waals surface area contributed by atoms with Crippen molar-refractivity contribution in [3.8, 4) is 0 Å². The Labute approximate surface area is 187 Å². The molecule has 176 valence electrons. The summed E-state index contributed by atoms with van der Waals surface area (Å²) in [7, 11) is 0. The van der Waals surface area contributed by atoms with Gasteiger partial charge in [-0.3, -0.25) is 4.79 Å². The zero-order valence-corrected chi connectivity index (χ0v) is 18.9. The van der Waals surface area contributed by atoms with Crippen LogP contribution in [0, 0.1) is 5.82 Å².